The Hall–Kier alpha value is -0.930. The van der Waals surface area contributed by atoms with E-state index in [1.807, 2.05) is 26.2 Å². The fraction of sp³-hybridized carbons (Fsp3) is 0.200. The minimum atomic E-state index is 0.589. The van der Waals surface area contributed by atoms with Crippen LogP contribution in [0.15, 0.2) is 18.5 Å². The van der Waals surface area contributed by atoms with Gasteiger partial charge >= 0.3 is 0 Å². The second-order valence-corrected chi connectivity index (χ2v) is 4.68. The highest BCUT2D eigenvalue weighted by Gasteiger charge is 2.07. The summed E-state index contributed by atoms with van der Waals surface area (Å²) in [6.07, 6.45) is 3.63. The zero-order chi connectivity index (χ0) is 10.1. The lowest BCUT2D eigenvalue weighted by Crippen LogP contribution is -1.80. The number of aryl methyl sites for hydroxylation is 2. The van der Waals surface area contributed by atoms with E-state index in [0.717, 1.165) is 21.0 Å². The zero-order valence-corrected chi connectivity index (χ0v) is 9.49. The van der Waals surface area contributed by atoms with Crippen LogP contribution in [0, 0.1) is 13.8 Å². The normalized spacial score (nSPS) is 10.5. The molecule has 0 saturated heterocycles. The average molecular weight is 225 g/mol. The van der Waals surface area contributed by atoms with Crippen molar-refractivity contribution < 1.29 is 0 Å². The number of pyridine rings is 1. The molecule has 72 valence electrons. The maximum atomic E-state index is 5.90. The number of thiazole rings is 1. The first-order valence-electron chi connectivity index (χ1n) is 4.22. The quantitative estimate of drug-likeness (QED) is 0.741. The SMILES string of the molecule is Cc1cncc(-c2nc(Cl)c(C)s2)c1. The molecule has 0 aliphatic carbocycles. The van der Waals surface area contributed by atoms with Gasteiger partial charge in [0.1, 0.15) is 10.2 Å². The van der Waals surface area contributed by atoms with Gasteiger partial charge in [0.25, 0.3) is 0 Å². The molecule has 0 amide bonds. The van der Waals surface area contributed by atoms with Gasteiger partial charge in [-0.05, 0) is 25.5 Å². The Bertz CT molecular complexity index is 445. The van der Waals surface area contributed by atoms with E-state index in [1.165, 1.54) is 0 Å². The summed E-state index contributed by atoms with van der Waals surface area (Å²) in [4.78, 5) is 9.43. The topological polar surface area (TPSA) is 25.8 Å². The molecule has 14 heavy (non-hydrogen) atoms. The number of halogens is 1. The molecule has 0 unspecified atom stereocenters. The van der Waals surface area contributed by atoms with Crippen LogP contribution >= 0.6 is 22.9 Å². The lowest BCUT2D eigenvalue weighted by molar-refractivity contribution is 1.26. The molecule has 2 aromatic rings. The first-order chi connectivity index (χ1) is 6.66. The molecule has 0 aliphatic rings. The highest BCUT2D eigenvalue weighted by molar-refractivity contribution is 7.15. The molecule has 0 N–H and O–H groups in total. The minimum Gasteiger partial charge on any atom is -0.264 e. The van der Waals surface area contributed by atoms with Gasteiger partial charge in [-0.2, -0.15) is 0 Å². The van der Waals surface area contributed by atoms with E-state index >= 15 is 0 Å². The lowest BCUT2D eigenvalue weighted by Gasteiger charge is -1.95. The lowest BCUT2D eigenvalue weighted by atomic mass is 10.2. The summed E-state index contributed by atoms with van der Waals surface area (Å²) in [6.45, 7) is 3.98. The molecule has 0 atom stereocenters. The van der Waals surface area contributed by atoms with Crippen molar-refractivity contribution in [2.75, 3.05) is 0 Å². The molecule has 0 aromatic carbocycles. The fourth-order valence-electron chi connectivity index (χ4n) is 1.17. The van der Waals surface area contributed by atoms with E-state index in [1.54, 1.807) is 11.3 Å². The van der Waals surface area contributed by atoms with Crippen LogP contribution in [-0.4, -0.2) is 9.97 Å². The number of nitrogens with zero attached hydrogens (tertiary/aromatic N) is 2. The number of hydrogen-bond acceptors (Lipinski definition) is 3. The Morgan fingerprint density at radius 2 is 2.07 bits per heavy atom. The molecule has 2 nitrogen and oxygen atoms in total. The molecule has 4 heteroatoms. The molecule has 0 bridgehead atoms. The van der Waals surface area contributed by atoms with Crippen LogP contribution in [0.25, 0.3) is 10.6 Å². The van der Waals surface area contributed by atoms with Gasteiger partial charge in [-0.25, -0.2) is 4.98 Å². The van der Waals surface area contributed by atoms with Crippen molar-refractivity contribution in [1.82, 2.24) is 9.97 Å². The van der Waals surface area contributed by atoms with Crippen molar-refractivity contribution >= 4 is 22.9 Å². The largest absolute Gasteiger partial charge is 0.264 e. The van der Waals surface area contributed by atoms with Gasteiger partial charge in [-0.15, -0.1) is 11.3 Å². The summed E-state index contributed by atoms with van der Waals surface area (Å²) in [5.41, 5.74) is 2.16. The molecule has 2 heterocycles. The van der Waals surface area contributed by atoms with Gasteiger partial charge in [0.05, 0.1) is 0 Å². The van der Waals surface area contributed by atoms with Gasteiger partial charge < -0.3 is 0 Å². The minimum absolute atomic E-state index is 0.589. The van der Waals surface area contributed by atoms with Gasteiger partial charge in [0.2, 0.25) is 0 Å². The Kier molecular flexibility index (Phi) is 2.52. The first kappa shape index (κ1) is 9.62. The predicted molar refractivity (Wildman–Crippen MR) is 59.8 cm³/mol. The van der Waals surface area contributed by atoms with Crippen LogP contribution in [0.2, 0.25) is 5.15 Å². The number of rotatable bonds is 1. The van der Waals surface area contributed by atoms with Crippen molar-refractivity contribution in [2.24, 2.45) is 0 Å². The molecule has 0 radical (unpaired) electrons. The van der Waals surface area contributed by atoms with Crippen LogP contribution in [0.3, 0.4) is 0 Å². The monoisotopic (exact) mass is 224 g/mol. The van der Waals surface area contributed by atoms with Gasteiger partial charge in [0.15, 0.2) is 0 Å². The third-order valence-corrected chi connectivity index (χ3v) is 3.36. The van der Waals surface area contributed by atoms with Crippen LogP contribution in [0.4, 0.5) is 0 Å². The second kappa shape index (κ2) is 3.67. The molecule has 0 saturated carbocycles. The summed E-state index contributed by atoms with van der Waals surface area (Å²) in [5.74, 6) is 0. The first-order valence-corrected chi connectivity index (χ1v) is 5.41. The molecular weight excluding hydrogens is 216 g/mol. The number of aromatic nitrogens is 2. The Labute approximate surface area is 91.6 Å². The van der Waals surface area contributed by atoms with Gasteiger partial charge in [-0.3, -0.25) is 4.98 Å². The summed E-state index contributed by atoms with van der Waals surface area (Å²) in [6, 6.07) is 2.06. The van der Waals surface area contributed by atoms with E-state index in [9.17, 15) is 0 Å². The van der Waals surface area contributed by atoms with Crippen molar-refractivity contribution in [3.8, 4) is 10.6 Å². The van der Waals surface area contributed by atoms with Crippen LogP contribution in [0.1, 0.15) is 10.4 Å². The molecular formula is C10H9ClN2S. The predicted octanol–water partition coefficient (Wildman–Crippen LogP) is 3.48. The van der Waals surface area contributed by atoms with E-state index < -0.39 is 0 Å². The fourth-order valence-corrected chi connectivity index (χ4v) is 2.21. The summed E-state index contributed by atoms with van der Waals surface area (Å²) in [5, 5.41) is 1.52. The van der Waals surface area contributed by atoms with E-state index in [0.29, 0.717) is 5.15 Å². The van der Waals surface area contributed by atoms with Crippen LogP contribution < -0.4 is 0 Å². The molecule has 2 aromatic heterocycles. The zero-order valence-electron chi connectivity index (χ0n) is 7.91. The third-order valence-electron chi connectivity index (χ3n) is 1.86. The van der Waals surface area contributed by atoms with Crippen molar-refractivity contribution in [3.05, 3.63) is 34.1 Å². The van der Waals surface area contributed by atoms with Crippen molar-refractivity contribution in [2.45, 2.75) is 13.8 Å². The Balaban J connectivity index is 2.49. The molecule has 0 fully saturated rings. The highest BCUT2D eigenvalue weighted by atomic mass is 35.5. The number of hydrogen-bond donors (Lipinski definition) is 0. The maximum Gasteiger partial charge on any atom is 0.143 e. The second-order valence-electron chi connectivity index (χ2n) is 3.12. The standard InChI is InChI=1S/C10H9ClN2S/c1-6-3-8(5-12-4-6)10-13-9(11)7(2)14-10/h3-5H,1-2H3. The summed E-state index contributed by atoms with van der Waals surface area (Å²) in [7, 11) is 0. The molecule has 0 spiro atoms. The van der Waals surface area contributed by atoms with Gasteiger partial charge in [0, 0.05) is 22.8 Å². The van der Waals surface area contributed by atoms with E-state index in [-0.39, 0.29) is 0 Å². The molecule has 2 rings (SSSR count). The van der Waals surface area contributed by atoms with E-state index in [4.69, 9.17) is 11.6 Å². The van der Waals surface area contributed by atoms with Crippen molar-refractivity contribution in [3.63, 3.8) is 0 Å². The summed E-state index contributed by atoms with van der Waals surface area (Å²) < 4.78 is 0. The smallest absolute Gasteiger partial charge is 0.143 e. The van der Waals surface area contributed by atoms with Gasteiger partial charge in [-0.1, -0.05) is 11.6 Å². The Morgan fingerprint density at radius 3 is 2.64 bits per heavy atom. The maximum absolute atomic E-state index is 5.90. The van der Waals surface area contributed by atoms with Crippen molar-refractivity contribution in [1.29, 1.82) is 0 Å². The average Bonchev–Trinajstić information content (AvgIpc) is 2.47. The van der Waals surface area contributed by atoms with Crippen LogP contribution in [-0.2, 0) is 0 Å². The summed E-state index contributed by atoms with van der Waals surface area (Å²) >= 11 is 7.49. The van der Waals surface area contributed by atoms with E-state index in [2.05, 4.69) is 16.0 Å². The molecule has 0 aliphatic heterocycles. The van der Waals surface area contributed by atoms with Crippen LogP contribution in [0.5, 0.6) is 0 Å². The Morgan fingerprint density at radius 1 is 1.29 bits per heavy atom. The third kappa shape index (κ3) is 1.79. The highest BCUT2D eigenvalue weighted by Crippen LogP contribution is 2.29.